The molecule has 0 radical (unpaired) electrons. The van der Waals surface area contributed by atoms with Crippen molar-refractivity contribution in [1.29, 1.82) is 0 Å². The SMILES string of the molecule is Cc1cc(I)c2c(=O)cc(OC(=O)O)[nH]c2c1. The molecule has 1 heterocycles. The van der Waals surface area contributed by atoms with Gasteiger partial charge in [0.2, 0.25) is 5.88 Å². The molecule has 0 saturated carbocycles. The van der Waals surface area contributed by atoms with Crippen LogP contribution in [0.5, 0.6) is 5.88 Å². The van der Waals surface area contributed by atoms with Crippen LogP contribution in [0.15, 0.2) is 23.0 Å². The van der Waals surface area contributed by atoms with Gasteiger partial charge in [-0.1, -0.05) is 0 Å². The second-order valence-electron chi connectivity index (χ2n) is 3.54. The van der Waals surface area contributed by atoms with Gasteiger partial charge < -0.3 is 14.8 Å². The molecule has 0 saturated heterocycles. The number of aryl methyl sites for hydroxylation is 1. The van der Waals surface area contributed by atoms with E-state index in [1.54, 1.807) is 6.07 Å². The van der Waals surface area contributed by atoms with Crippen molar-refractivity contribution in [2.75, 3.05) is 0 Å². The lowest BCUT2D eigenvalue weighted by Gasteiger charge is -2.05. The molecule has 1 aromatic heterocycles. The Hall–Kier alpha value is -1.57. The fourth-order valence-corrected chi connectivity index (χ4v) is 2.65. The summed E-state index contributed by atoms with van der Waals surface area (Å²) >= 11 is 2.07. The largest absolute Gasteiger partial charge is 0.512 e. The Morgan fingerprint density at radius 1 is 1.41 bits per heavy atom. The van der Waals surface area contributed by atoms with Crippen LogP contribution < -0.4 is 10.2 Å². The molecule has 0 fully saturated rings. The van der Waals surface area contributed by atoms with Crippen LogP contribution in [0.25, 0.3) is 10.9 Å². The van der Waals surface area contributed by atoms with Crippen LogP contribution in [0.1, 0.15) is 5.56 Å². The van der Waals surface area contributed by atoms with Crippen molar-refractivity contribution < 1.29 is 14.6 Å². The van der Waals surface area contributed by atoms with Crippen LogP contribution >= 0.6 is 22.6 Å². The Balaban J connectivity index is 2.73. The van der Waals surface area contributed by atoms with Crippen molar-refractivity contribution in [3.63, 3.8) is 0 Å². The predicted octanol–water partition coefficient (Wildman–Crippen LogP) is 2.50. The van der Waals surface area contributed by atoms with Crippen molar-refractivity contribution in [3.8, 4) is 5.88 Å². The van der Waals surface area contributed by atoms with Crippen LogP contribution in [0.4, 0.5) is 4.79 Å². The molecule has 0 atom stereocenters. The van der Waals surface area contributed by atoms with Crippen LogP contribution in [-0.4, -0.2) is 16.2 Å². The maximum atomic E-state index is 11.8. The average Bonchev–Trinajstić information content (AvgIpc) is 2.13. The number of hydrogen-bond donors (Lipinski definition) is 2. The molecule has 88 valence electrons. The van der Waals surface area contributed by atoms with E-state index in [9.17, 15) is 9.59 Å². The number of rotatable bonds is 1. The molecule has 0 bridgehead atoms. The summed E-state index contributed by atoms with van der Waals surface area (Å²) in [6, 6.07) is 4.79. The van der Waals surface area contributed by atoms with Gasteiger partial charge in [0.15, 0.2) is 5.43 Å². The van der Waals surface area contributed by atoms with Gasteiger partial charge in [-0.15, -0.1) is 0 Å². The summed E-state index contributed by atoms with van der Waals surface area (Å²) in [5.41, 5.74) is 1.28. The Kier molecular flexibility index (Phi) is 3.05. The van der Waals surface area contributed by atoms with E-state index in [0.29, 0.717) is 10.9 Å². The summed E-state index contributed by atoms with van der Waals surface area (Å²) in [7, 11) is 0. The summed E-state index contributed by atoms with van der Waals surface area (Å²) < 4.78 is 5.26. The zero-order chi connectivity index (χ0) is 12.6. The number of benzene rings is 1. The van der Waals surface area contributed by atoms with E-state index in [0.717, 1.165) is 15.2 Å². The maximum Gasteiger partial charge on any atom is 0.512 e. The van der Waals surface area contributed by atoms with Crippen molar-refractivity contribution in [3.05, 3.63) is 37.6 Å². The Bertz CT molecular complexity index is 662. The summed E-state index contributed by atoms with van der Waals surface area (Å²) in [4.78, 5) is 25.0. The maximum absolute atomic E-state index is 11.8. The van der Waals surface area contributed by atoms with E-state index in [1.807, 2.05) is 13.0 Å². The highest BCUT2D eigenvalue weighted by Gasteiger charge is 2.09. The minimum Gasteiger partial charge on any atom is -0.449 e. The number of hydrogen-bond acceptors (Lipinski definition) is 3. The van der Waals surface area contributed by atoms with E-state index in [4.69, 9.17) is 5.11 Å². The van der Waals surface area contributed by atoms with Gasteiger partial charge in [-0.3, -0.25) is 4.79 Å². The van der Waals surface area contributed by atoms with Crippen LogP contribution in [0, 0.1) is 10.5 Å². The zero-order valence-corrected chi connectivity index (χ0v) is 10.9. The van der Waals surface area contributed by atoms with Gasteiger partial charge in [0.05, 0.1) is 10.9 Å². The van der Waals surface area contributed by atoms with E-state index < -0.39 is 6.16 Å². The van der Waals surface area contributed by atoms with Crippen molar-refractivity contribution in [2.24, 2.45) is 0 Å². The molecule has 1 aromatic carbocycles. The molecule has 17 heavy (non-hydrogen) atoms. The number of H-pyrrole nitrogens is 1. The first-order valence-corrected chi connectivity index (χ1v) is 5.79. The molecule has 0 aliphatic carbocycles. The molecule has 0 amide bonds. The monoisotopic (exact) mass is 345 g/mol. The molecule has 0 spiro atoms. The zero-order valence-electron chi connectivity index (χ0n) is 8.78. The third kappa shape index (κ3) is 2.41. The third-order valence-corrected chi connectivity index (χ3v) is 3.05. The van der Waals surface area contributed by atoms with Gasteiger partial charge in [0, 0.05) is 9.64 Å². The topological polar surface area (TPSA) is 79.4 Å². The van der Waals surface area contributed by atoms with Crippen LogP contribution in [0.2, 0.25) is 0 Å². The normalized spacial score (nSPS) is 10.5. The molecule has 5 nitrogen and oxygen atoms in total. The smallest absolute Gasteiger partial charge is 0.449 e. The minimum atomic E-state index is -1.46. The average molecular weight is 345 g/mol. The highest BCUT2D eigenvalue weighted by Crippen LogP contribution is 2.20. The molecule has 2 aromatic rings. The Labute approximate surface area is 110 Å². The molecule has 0 aliphatic rings. The first-order chi connectivity index (χ1) is 7.97. The summed E-state index contributed by atoms with van der Waals surface area (Å²) in [6.45, 7) is 1.89. The molecule has 0 aliphatic heterocycles. The molecule has 2 N–H and O–H groups in total. The number of carbonyl (C=O) groups is 1. The van der Waals surface area contributed by atoms with Crippen LogP contribution in [0.3, 0.4) is 0 Å². The first-order valence-electron chi connectivity index (χ1n) is 4.71. The number of aromatic amines is 1. The molecule has 0 unspecified atom stereocenters. The Morgan fingerprint density at radius 2 is 2.12 bits per heavy atom. The van der Waals surface area contributed by atoms with Gasteiger partial charge in [0.25, 0.3) is 0 Å². The van der Waals surface area contributed by atoms with Gasteiger partial charge in [-0.25, -0.2) is 4.79 Å². The first kappa shape index (κ1) is 11.9. The molecule has 6 heteroatoms. The second-order valence-corrected chi connectivity index (χ2v) is 4.70. The predicted molar refractivity (Wildman–Crippen MR) is 70.7 cm³/mol. The number of ether oxygens (including phenoxy) is 1. The second kappa shape index (κ2) is 4.36. The lowest BCUT2D eigenvalue weighted by Crippen LogP contribution is -2.10. The third-order valence-electron chi connectivity index (χ3n) is 2.20. The van der Waals surface area contributed by atoms with Gasteiger partial charge in [-0.05, 0) is 47.2 Å². The lowest BCUT2D eigenvalue weighted by atomic mass is 10.1. The summed E-state index contributed by atoms with van der Waals surface area (Å²) in [5.74, 6) is -0.0728. The van der Waals surface area contributed by atoms with Crippen molar-refractivity contribution in [2.45, 2.75) is 6.92 Å². The number of carboxylic acid groups (broad SMARTS) is 1. The van der Waals surface area contributed by atoms with E-state index in [2.05, 4.69) is 32.3 Å². The van der Waals surface area contributed by atoms with E-state index in [1.165, 1.54) is 0 Å². The highest BCUT2D eigenvalue weighted by molar-refractivity contribution is 14.1. The van der Waals surface area contributed by atoms with Crippen LogP contribution in [-0.2, 0) is 0 Å². The number of halogens is 1. The molecular formula is C11H8INO4. The Morgan fingerprint density at radius 3 is 2.76 bits per heavy atom. The number of pyridine rings is 1. The van der Waals surface area contributed by atoms with E-state index >= 15 is 0 Å². The van der Waals surface area contributed by atoms with Crippen molar-refractivity contribution >= 4 is 39.6 Å². The fraction of sp³-hybridized carbons (Fsp3) is 0.0909. The fourth-order valence-electron chi connectivity index (χ4n) is 1.60. The van der Waals surface area contributed by atoms with E-state index in [-0.39, 0.29) is 11.3 Å². The molecular weight excluding hydrogens is 337 g/mol. The summed E-state index contributed by atoms with van der Waals surface area (Å²) in [6.07, 6.45) is -1.46. The number of nitrogens with one attached hydrogen (secondary N) is 1. The lowest BCUT2D eigenvalue weighted by molar-refractivity contribution is 0.142. The standard InChI is InChI=1S/C11H8INO4/c1-5-2-6(12)10-7(3-5)13-9(4-8(10)14)17-11(15)16/h2-4H,1H3,(H,13,14)(H,15,16). The number of aromatic nitrogens is 1. The van der Waals surface area contributed by atoms with Crippen molar-refractivity contribution in [1.82, 2.24) is 4.98 Å². The van der Waals surface area contributed by atoms with Gasteiger partial charge in [0.1, 0.15) is 0 Å². The molecule has 2 rings (SSSR count). The quantitative estimate of drug-likeness (QED) is 0.615. The minimum absolute atomic E-state index is 0.0728. The van der Waals surface area contributed by atoms with Gasteiger partial charge >= 0.3 is 6.16 Å². The number of fused-ring (bicyclic) bond motifs is 1. The highest BCUT2D eigenvalue weighted by atomic mass is 127. The van der Waals surface area contributed by atoms with Gasteiger partial charge in [-0.2, -0.15) is 0 Å². The summed E-state index contributed by atoms with van der Waals surface area (Å²) in [5, 5.41) is 9.03.